The predicted octanol–water partition coefficient (Wildman–Crippen LogP) is 5.32. The number of nitro benzene ring substituents is 1. The highest BCUT2D eigenvalue weighted by Gasteiger charge is 2.39. The third-order valence-corrected chi connectivity index (χ3v) is 9.06. The average Bonchev–Trinajstić information content (AvgIpc) is 3.78. The van der Waals surface area contributed by atoms with Crippen molar-refractivity contribution in [2.75, 3.05) is 7.11 Å². The van der Waals surface area contributed by atoms with Crippen LogP contribution in [-0.4, -0.2) is 41.2 Å². The maximum absolute atomic E-state index is 15.5. The number of hydrogen-bond acceptors (Lipinski definition) is 7. The van der Waals surface area contributed by atoms with Crippen molar-refractivity contribution in [1.82, 2.24) is 14.3 Å². The molecular weight excluding hydrogens is 570 g/mol. The summed E-state index contributed by atoms with van der Waals surface area (Å²) in [6.07, 6.45) is 2.25. The molecule has 42 heavy (non-hydrogen) atoms. The summed E-state index contributed by atoms with van der Waals surface area (Å²) < 4.78 is 65.3. The number of carbonyl (C=O) groups is 1. The first-order valence-corrected chi connectivity index (χ1v) is 14.4. The number of methoxy groups -OCH3 is 1. The Morgan fingerprint density at radius 2 is 1.83 bits per heavy atom. The molecular formula is C29H22F2N4O6S. The third-order valence-electron chi connectivity index (χ3n) is 7.24. The zero-order valence-corrected chi connectivity index (χ0v) is 22.8. The Hall–Kier alpha value is -4.91. The number of nitrogens with zero attached hydrogens (tertiary/aromatic N) is 3. The highest BCUT2D eigenvalue weighted by Crippen LogP contribution is 2.43. The van der Waals surface area contributed by atoms with Crippen molar-refractivity contribution in [1.29, 1.82) is 0 Å². The van der Waals surface area contributed by atoms with Gasteiger partial charge in [0, 0.05) is 45.8 Å². The smallest absolute Gasteiger partial charge is 0.282 e. The van der Waals surface area contributed by atoms with Gasteiger partial charge in [0.2, 0.25) is 15.9 Å². The summed E-state index contributed by atoms with van der Waals surface area (Å²) in [5.41, 5.74) is -0.182. The molecule has 1 fully saturated rings. The quantitative estimate of drug-likeness (QED) is 0.190. The van der Waals surface area contributed by atoms with E-state index in [4.69, 9.17) is 4.74 Å². The SMILES string of the molecule is COc1ncccc1-c1c(C(=O)NS(=O)(=O)C2CC2)n(Cc2cc([N+](=O)[O-])ccc2F)c2cc(F)c3ccccc3c12. The topological polar surface area (TPSA) is 133 Å². The number of benzene rings is 3. The molecule has 0 saturated heterocycles. The third kappa shape index (κ3) is 4.61. The van der Waals surface area contributed by atoms with Gasteiger partial charge in [0.15, 0.2) is 0 Å². The Bertz CT molecular complexity index is 2040. The van der Waals surface area contributed by atoms with E-state index in [0.29, 0.717) is 29.2 Å². The van der Waals surface area contributed by atoms with Crippen LogP contribution in [0.3, 0.4) is 0 Å². The second-order valence-electron chi connectivity index (χ2n) is 9.88. The maximum atomic E-state index is 15.5. The first-order chi connectivity index (χ1) is 20.1. The Morgan fingerprint density at radius 1 is 1.10 bits per heavy atom. The molecule has 2 aromatic heterocycles. The molecule has 2 heterocycles. The van der Waals surface area contributed by atoms with Crippen molar-refractivity contribution in [2.45, 2.75) is 24.6 Å². The number of sulfonamides is 1. The van der Waals surface area contributed by atoms with Crippen LogP contribution in [0.25, 0.3) is 32.8 Å². The highest BCUT2D eigenvalue weighted by atomic mass is 32.2. The number of nitrogens with one attached hydrogen (secondary N) is 1. The predicted molar refractivity (Wildman–Crippen MR) is 151 cm³/mol. The largest absolute Gasteiger partial charge is 0.481 e. The van der Waals surface area contributed by atoms with Gasteiger partial charge in [-0.15, -0.1) is 0 Å². The van der Waals surface area contributed by atoms with Crippen LogP contribution in [0.4, 0.5) is 14.5 Å². The van der Waals surface area contributed by atoms with Crippen LogP contribution in [-0.2, 0) is 16.6 Å². The number of non-ortho nitro benzene ring substituents is 1. The molecule has 3 aromatic carbocycles. The number of amides is 1. The Kier molecular flexibility index (Phi) is 6.61. The number of ether oxygens (including phenoxy) is 1. The van der Waals surface area contributed by atoms with Crippen LogP contribution >= 0.6 is 0 Å². The lowest BCUT2D eigenvalue weighted by Gasteiger charge is -2.14. The first kappa shape index (κ1) is 27.3. The van der Waals surface area contributed by atoms with Gasteiger partial charge in [-0.1, -0.05) is 24.3 Å². The second kappa shape index (κ2) is 10.2. The van der Waals surface area contributed by atoms with Crippen molar-refractivity contribution in [3.05, 3.63) is 99.9 Å². The standard InChI is InChI=1S/C29H22F2N4O6S/c1-41-29-21(7-4-12-32-29)26-25-20-6-3-2-5-19(20)23(31)14-24(25)34(15-16-13-17(35(37)38)8-11-22(16)30)27(26)28(36)33-42(39,40)18-9-10-18/h2-8,11-14,18H,9-10,15H2,1H3,(H,33,36). The maximum Gasteiger partial charge on any atom is 0.282 e. The molecule has 0 radical (unpaired) electrons. The molecule has 10 nitrogen and oxygen atoms in total. The number of aromatic nitrogens is 2. The van der Waals surface area contributed by atoms with E-state index in [0.717, 1.165) is 18.2 Å². The number of rotatable bonds is 8. The molecule has 1 aliphatic carbocycles. The van der Waals surface area contributed by atoms with Gasteiger partial charge in [0.25, 0.3) is 11.6 Å². The summed E-state index contributed by atoms with van der Waals surface area (Å²) in [7, 11) is -2.68. The van der Waals surface area contributed by atoms with Crippen molar-refractivity contribution >= 4 is 43.3 Å². The number of carbonyl (C=O) groups excluding carboxylic acids is 1. The van der Waals surface area contributed by atoms with E-state index in [1.807, 2.05) is 0 Å². The molecule has 13 heteroatoms. The summed E-state index contributed by atoms with van der Waals surface area (Å²) in [4.78, 5) is 29.0. The average molecular weight is 593 g/mol. The number of fused-ring (bicyclic) bond motifs is 3. The Morgan fingerprint density at radius 3 is 2.52 bits per heavy atom. The monoisotopic (exact) mass is 592 g/mol. The fourth-order valence-corrected chi connectivity index (χ4v) is 6.46. The Labute approximate surface area is 237 Å². The van der Waals surface area contributed by atoms with Crippen LogP contribution in [0.5, 0.6) is 5.88 Å². The minimum Gasteiger partial charge on any atom is -0.481 e. The Balaban J connectivity index is 1.74. The van der Waals surface area contributed by atoms with Gasteiger partial charge in [0.1, 0.15) is 17.3 Å². The molecule has 0 unspecified atom stereocenters. The van der Waals surface area contributed by atoms with Crippen molar-refractivity contribution < 1.29 is 31.7 Å². The molecule has 0 atom stereocenters. The zero-order chi connectivity index (χ0) is 29.8. The number of nitro groups is 1. The zero-order valence-electron chi connectivity index (χ0n) is 22.0. The van der Waals surface area contributed by atoms with E-state index < -0.39 is 50.0 Å². The van der Waals surface area contributed by atoms with Gasteiger partial charge in [-0.05, 0) is 42.5 Å². The minimum atomic E-state index is -4.05. The van der Waals surface area contributed by atoms with Crippen LogP contribution in [0.2, 0.25) is 0 Å². The molecule has 6 rings (SSSR count). The van der Waals surface area contributed by atoms with E-state index in [1.54, 1.807) is 36.4 Å². The molecule has 1 saturated carbocycles. The number of pyridine rings is 1. The molecule has 214 valence electrons. The van der Waals surface area contributed by atoms with E-state index in [1.165, 1.54) is 23.9 Å². The fourth-order valence-electron chi connectivity index (χ4n) is 5.18. The molecule has 0 spiro atoms. The lowest BCUT2D eigenvalue weighted by Crippen LogP contribution is -2.35. The molecule has 0 bridgehead atoms. The number of halogens is 2. The molecule has 1 aliphatic rings. The van der Waals surface area contributed by atoms with Crippen molar-refractivity contribution in [3.63, 3.8) is 0 Å². The van der Waals surface area contributed by atoms with Gasteiger partial charge >= 0.3 is 0 Å². The summed E-state index contributed by atoms with van der Waals surface area (Å²) in [5.74, 6) is -2.38. The molecule has 1 amide bonds. The van der Waals surface area contributed by atoms with E-state index in [9.17, 15) is 23.3 Å². The van der Waals surface area contributed by atoms with Gasteiger partial charge in [-0.2, -0.15) is 0 Å². The normalized spacial score (nSPS) is 13.4. The van der Waals surface area contributed by atoms with Gasteiger partial charge in [0.05, 0.1) is 29.3 Å². The fraction of sp³-hybridized carbons (Fsp3) is 0.172. The summed E-state index contributed by atoms with van der Waals surface area (Å²) in [6, 6.07) is 13.9. The highest BCUT2D eigenvalue weighted by molar-refractivity contribution is 7.91. The van der Waals surface area contributed by atoms with Gasteiger partial charge in [-0.25, -0.2) is 26.9 Å². The molecule has 5 aromatic rings. The van der Waals surface area contributed by atoms with Crippen LogP contribution in [0, 0.1) is 21.7 Å². The minimum absolute atomic E-state index is 0.102. The van der Waals surface area contributed by atoms with Crippen molar-refractivity contribution in [3.8, 4) is 17.0 Å². The number of hydrogen-bond donors (Lipinski definition) is 1. The molecule has 0 aliphatic heterocycles. The summed E-state index contributed by atoms with van der Waals surface area (Å²) in [6.45, 7) is -0.462. The van der Waals surface area contributed by atoms with E-state index >= 15 is 8.78 Å². The first-order valence-electron chi connectivity index (χ1n) is 12.8. The van der Waals surface area contributed by atoms with Crippen molar-refractivity contribution in [2.24, 2.45) is 0 Å². The summed E-state index contributed by atoms with van der Waals surface area (Å²) in [5, 5.41) is 11.7. The van der Waals surface area contributed by atoms with E-state index in [-0.39, 0.29) is 33.6 Å². The lowest BCUT2D eigenvalue weighted by molar-refractivity contribution is -0.385. The lowest BCUT2D eigenvalue weighted by atomic mass is 9.97. The van der Waals surface area contributed by atoms with E-state index in [2.05, 4.69) is 9.71 Å². The van der Waals surface area contributed by atoms with Crippen LogP contribution < -0.4 is 9.46 Å². The summed E-state index contributed by atoms with van der Waals surface area (Å²) >= 11 is 0. The van der Waals surface area contributed by atoms with Crippen LogP contribution in [0.15, 0.2) is 66.9 Å². The van der Waals surface area contributed by atoms with Crippen LogP contribution in [0.1, 0.15) is 28.9 Å². The van der Waals surface area contributed by atoms with Gasteiger partial charge < -0.3 is 9.30 Å². The van der Waals surface area contributed by atoms with Gasteiger partial charge in [-0.3, -0.25) is 14.9 Å². The molecule has 1 N–H and O–H groups in total. The second-order valence-corrected chi connectivity index (χ2v) is 11.8.